The third-order valence-electron chi connectivity index (χ3n) is 6.17. The van der Waals surface area contributed by atoms with Gasteiger partial charge in [0.05, 0.1) is 6.04 Å². The van der Waals surface area contributed by atoms with Gasteiger partial charge in [0.1, 0.15) is 0 Å². The van der Waals surface area contributed by atoms with E-state index in [4.69, 9.17) is 0 Å². The van der Waals surface area contributed by atoms with Gasteiger partial charge in [-0.15, -0.1) is 0 Å². The molecule has 2 nitrogen and oxygen atoms in total. The van der Waals surface area contributed by atoms with E-state index in [1.807, 2.05) is 0 Å². The molecule has 0 bridgehead atoms. The van der Waals surface area contributed by atoms with Crippen LogP contribution in [0.15, 0.2) is 42.5 Å². The number of nitrogens with one attached hydrogen (secondary N) is 1. The van der Waals surface area contributed by atoms with Crippen LogP contribution in [0.3, 0.4) is 0 Å². The topological polar surface area (TPSA) is 29.1 Å². The van der Waals surface area contributed by atoms with Crippen LogP contribution in [0.25, 0.3) is 10.8 Å². The number of hydrogen-bond acceptors (Lipinski definition) is 1. The average molecular weight is 410 g/mol. The van der Waals surface area contributed by atoms with Crippen molar-refractivity contribution < 1.29 is 4.79 Å². The lowest BCUT2D eigenvalue weighted by Crippen LogP contribution is -2.26. The van der Waals surface area contributed by atoms with Gasteiger partial charge in [-0.3, -0.25) is 4.79 Å². The molecule has 2 rings (SSSR count). The Hall–Kier alpha value is -1.83. The molecule has 1 atom stereocenters. The zero-order valence-corrected chi connectivity index (χ0v) is 19.4. The summed E-state index contributed by atoms with van der Waals surface area (Å²) in [6.45, 7) is 3.91. The van der Waals surface area contributed by atoms with E-state index < -0.39 is 0 Å². The van der Waals surface area contributed by atoms with Crippen LogP contribution >= 0.6 is 0 Å². The van der Waals surface area contributed by atoms with Crippen LogP contribution in [-0.2, 0) is 4.79 Å². The van der Waals surface area contributed by atoms with Crippen molar-refractivity contribution in [3.05, 3.63) is 48.0 Å². The molecule has 0 heterocycles. The van der Waals surface area contributed by atoms with E-state index in [2.05, 4.69) is 54.7 Å². The van der Waals surface area contributed by atoms with Crippen molar-refractivity contribution in [2.24, 2.45) is 0 Å². The van der Waals surface area contributed by atoms with Crippen molar-refractivity contribution in [2.75, 3.05) is 0 Å². The van der Waals surface area contributed by atoms with Gasteiger partial charge < -0.3 is 5.32 Å². The summed E-state index contributed by atoms with van der Waals surface area (Å²) in [6.07, 6.45) is 18.8. The zero-order valence-electron chi connectivity index (χ0n) is 19.4. The van der Waals surface area contributed by atoms with Crippen molar-refractivity contribution in [1.82, 2.24) is 5.32 Å². The van der Waals surface area contributed by atoms with Crippen LogP contribution in [-0.4, -0.2) is 5.91 Å². The fraction of sp³-hybridized carbons (Fsp3) is 0.607. The molecule has 0 fully saturated rings. The molecule has 2 aromatic carbocycles. The third kappa shape index (κ3) is 9.32. The number of carbonyl (C=O) groups is 1. The highest BCUT2D eigenvalue weighted by Gasteiger charge is 2.15. The Morgan fingerprint density at radius 3 is 1.87 bits per heavy atom. The quantitative estimate of drug-likeness (QED) is 0.277. The van der Waals surface area contributed by atoms with Crippen molar-refractivity contribution in [3.8, 4) is 0 Å². The first kappa shape index (κ1) is 24.4. The minimum absolute atomic E-state index is 0.0580. The fourth-order valence-corrected chi connectivity index (χ4v) is 4.47. The van der Waals surface area contributed by atoms with E-state index in [0.717, 1.165) is 6.42 Å². The van der Waals surface area contributed by atoms with Crippen LogP contribution in [0.2, 0.25) is 0 Å². The summed E-state index contributed by atoms with van der Waals surface area (Å²) in [4.78, 5) is 11.8. The smallest absolute Gasteiger partial charge is 0.217 e. The molecule has 0 spiro atoms. The summed E-state index contributed by atoms with van der Waals surface area (Å²) in [5.74, 6) is 0.0580. The van der Waals surface area contributed by atoms with E-state index in [1.165, 1.54) is 99.8 Å². The van der Waals surface area contributed by atoms with Crippen LogP contribution in [0.1, 0.15) is 115 Å². The Kier molecular flexibility index (Phi) is 12.3. The normalized spacial score (nSPS) is 12.2. The largest absolute Gasteiger partial charge is 0.350 e. The average Bonchev–Trinajstić information content (AvgIpc) is 2.75. The minimum atomic E-state index is 0.0580. The van der Waals surface area contributed by atoms with E-state index in [1.54, 1.807) is 6.92 Å². The molecule has 166 valence electrons. The second-order valence-electron chi connectivity index (χ2n) is 8.85. The van der Waals surface area contributed by atoms with Gasteiger partial charge in [-0.1, -0.05) is 133 Å². The summed E-state index contributed by atoms with van der Waals surface area (Å²) in [5.41, 5.74) is 1.25. The van der Waals surface area contributed by atoms with E-state index in [-0.39, 0.29) is 11.9 Å². The molecule has 30 heavy (non-hydrogen) atoms. The fourth-order valence-electron chi connectivity index (χ4n) is 4.47. The van der Waals surface area contributed by atoms with Crippen LogP contribution in [0.5, 0.6) is 0 Å². The summed E-state index contributed by atoms with van der Waals surface area (Å²) in [7, 11) is 0. The molecule has 0 radical (unpaired) electrons. The summed E-state index contributed by atoms with van der Waals surface area (Å²) < 4.78 is 0. The second kappa shape index (κ2) is 15.0. The highest BCUT2D eigenvalue weighted by molar-refractivity contribution is 5.86. The predicted octanol–water partition coefficient (Wildman–Crippen LogP) is 8.50. The zero-order chi connectivity index (χ0) is 21.4. The Bertz CT molecular complexity index is 718. The summed E-state index contributed by atoms with van der Waals surface area (Å²) >= 11 is 0. The number of benzene rings is 2. The SMILES string of the molecule is CCCCCCCCCCCCCCC[C@H](NC(C)=O)c1cccc2ccccc12. The number of amides is 1. The van der Waals surface area contributed by atoms with Crippen LogP contribution in [0, 0.1) is 0 Å². The van der Waals surface area contributed by atoms with Gasteiger partial charge in [0.2, 0.25) is 5.91 Å². The number of hydrogen-bond donors (Lipinski definition) is 1. The van der Waals surface area contributed by atoms with Crippen LogP contribution in [0.4, 0.5) is 0 Å². The first-order valence-corrected chi connectivity index (χ1v) is 12.5. The molecule has 1 amide bonds. The van der Waals surface area contributed by atoms with Gasteiger partial charge in [0, 0.05) is 6.92 Å². The molecule has 0 aliphatic heterocycles. The van der Waals surface area contributed by atoms with Crippen LogP contribution < -0.4 is 5.32 Å². The summed E-state index contributed by atoms with van der Waals surface area (Å²) in [5, 5.41) is 5.70. The Labute approximate surface area is 184 Å². The van der Waals surface area contributed by atoms with Gasteiger partial charge in [0.25, 0.3) is 0 Å². The first-order valence-electron chi connectivity index (χ1n) is 12.5. The highest BCUT2D eigenvalue weighted by atomic mass is 16.1. The van der Waals surface area contributed by atoms with E-state index in [0.29, 0.717) is 0 Å². The van der Waals surface area contributed by atoms with Gasteiger partial charge >= 0.3 is 0 Å². The lowest BCUT2D eigenvalue weighted by atomic mass is 9.94. The molecule has 1 N–H and O–H groups in total. The Balaban J connectivity index is 1.64. The molecular weight excluding hydrogens is 366 g/mol. The van der Waals surface area contributed by atoms with E-state index >= 15 is 0 Å². The Morgan fingerprint density at radius 2 is 1.27 bits per heavy atom. The number of fused-ring (bicyclic) bond motifs is 1. The lowest BCUT2D eigenvalue weighted by molar-refractivity contribution is -0.119. The van der Waals surface area contributed by atoms with Crippen molar-refractivity contribution in [1.29, 1.82) is 0 Å². The Morgan fingerprint density at radius 1 is 0.733 bits per heavy atom. The first-order chi connectivity index (χ1) is 14.7. The maximum absolute atomic E-state index is 11.8. The molecule has 0 aliphatic rings. The van der Waals surface area contributed by atoms with Crippen molar-refractivity contribution in [3.63, 3.8) is 0 Å². The van der Waals surface area contributed by atoms with Crippen molar-refractivity contribution >= 4 is 16.7 Å². The molecule has 2 heteroatoms. The second-order valence-corrected chi connectivity index (χ2v) is 8.85. The molecule has 0 saturated carbocycles. The number of carbonyl (C=O) groups excluding carboxylic acids is 1. The predicted molar refractivity (Wildman–Crippen MR) is 131 cm³/mol. The molecule has 0 saturated heterocycles. The maximum Gasteiger partial charge on any atom is 0.217 e. The third-order valence-corrected chi connectivity index (χ3v) is 6.17. The molecule has 0 unspecified atom stereocenters. The van der Waals surface area contributed by atoms with Gasteiger partial charge in [-0.05, 0) is 22.8 Å². The lowest BCUT2D eigenvalue weighted by Gasteiger charge is -2.20. The molecule has 0 aromatic heterocycles. The summed E-state index contributed by atoms with van der Waals surface area (Å²) in [6, 6.07) is 15.0. The van der Waals surface area contributed by atoms with E-state index in [9.17, 15) is 4.79 Å². The minimum Gasteiger partial charge on any atom is -0.350 e. The standard InChI is InChI=1S/C28H43NO/c1-3-4-5-6-7-8-9-10-11-12-13-14-15-23-28(29-24(2)30)27-22-18-20-25-19-16-17-21-26(25)27/h16-22,28H,3-15,23H2,1-2H3,(H,29,30)/t28-/m0/s1. The highest BCUT2D eigenvalue weighted by Crippen LogP contribution is 2.28. The van der Waals surface area contributed by atoms with Gasteiger partial charge in [-0.2, -0.15) is 0 Å². The monoisotopic (exact) mass is 409 g/mol. The van der Waals surface area contributed by atoms with Crippen molar-refractivity contribution in [2.45, 2.75) is 110 Å². The van der Waals surface area contributed by atoms with Gasteiger partial charge in [-0.25, -0.2) is 0 Å². The number of unbranched alkanes of at least 4 members (excludes halogenated alkanes) is 12. The van der Waals surface area contributed by atoms with Gasteiger partial charge in [0.15, 0.2) is 0 Å². The molecule has 0 aliphatic carbocycles. The number of rotatable bonds is 16. The molecular formula is C28H43NO. The maximum atomic E-state index is 11.8. The molecule has 2 aromatic rings.